The molecule has 2 heterocycles. The summed E-state index contributed by atoms with van der Waals surface area (Å²) in [5.41, 5.74) is 13.6. The summed E-state index contributed by atoms with van der Waals surface area (Å²) >= 11 is 0. The number of nitrogens with two attached hydrogens (primary N) is 1. The number of carbonyl (C=O) groups excluding carboxylic acids is 1. The van der Waals surface area contributed by atoms with Gasteiger partial charge in [-0.25, -0.2) is 4.98 Å². The van der Waals surface area contributed by atoms with Crippen LogP contribution in [-0.4, -0.2) is 43.3 Å². The number of aromatic nitrogens is 4. The summed E-state index contributed by atoms with van der Waals surface area (Å²) in [7, 11) is 0. The minimum atomic E-state index is -0.625. The molecule has 2 aromatic heterocycles. The number of aliphatic hydroxyl groups excluding tert-OH is 1. The highest BCUT2D eigenvalue weighted by atomic mass is 16.7. The Hall–Kier alpha value is -3.15. The number of azide groups is 1. The number of hydrogen-bond acceptors (Lipinski definition) is 9. The van der Waals surface area contributed by atoms with Gasteiger partial charge < -0.3 is 20.4 Å². The third-order valence-electron chi connectivity index (χ3n) is 3.82. The van der Waals surface area contributed by atoms with E-state index in [1.807, 2.05) is 6.92 Å². The van der Waals surface area contributed by atoms with Crippen LogP contribution in [-0.2, 0) is 21.1 Å². The molecule has 0 fully saturated rings. The maximum absolute atomic E-state index is 11.7. The zero-order chi connectivity index (χ0) is 19.8. The maximum Gasteiger partial charge on any atom is 0.318 e. The number of aliphatic hydroxyl groups is 1. The number of ether oxygens (including phenoxy) is 1. The lowest BCUT2D eigenvalue weighted by Gasteiger charge is -2.18. The predicted octanol–water partition coefficient (Wildman–Crippen LogP) is 0.612. The fraction of sp³-hybridized carbons (Fsp3) is 0.571. The van der Waals surface area contributed by atoms with Crippen LogP contribution in [0.4, 0.5) is 5.95 Å². The third kappa shape index (κ3) is 5.67. The summed E-state index contributed by atoms with van der Waals surface area (Å²) in [5.74, 6) is -0.715. The van der Waals surface area contributed by atoms with E-state index >= 15 is 0 Å². The van der Waals surface area contributed by atoms with Crippen molar-refractivity contribution < 1.29 is 19.5 Å². The second-order valence-electron chi connectivity index (χ2n) is 5.96. The van der Waals surface area contributed by atoms with Crippen molar-refractivity contribution in [2.24, 2.45) is 11.2 Å². The van der Waals surface area contributed by atoms with Gasteiger partial charge in [-0.15, -0.1) is 0 Å². The second kappa shape index (κ2) is 9.52. The van der Waals surface area contributed by atoms with Gasteiger partial charge in [-0.2, -0.15) is 4.98 Å². The molecule has 0 aliphatic rings. The molecule has 0 radical (unpaired) electrons. The first-order chi connectivity index (χ1) is 12.9. The summed E-state index contributed by atoms with van der Waals surface area (Å²) in [5, 5.41) is 12.2. The topological polar surface area (TPSA) is 194 Å². The Morgan fingerprint density at radius 3 is 3.04 bits per heavy atom. The molecule has 0 aliphatic heterocycles. The smallest absolute Gasteiger partial charge is 0.318 e. The fourth-order valence-corrected chi connectivity index (χ4v) is 2.44. The van der Waals surface area contributed by atoms with Crippen molar-refractivity contribution >= 4 is 23.1 Å². The van der Waals surface area contributed by atoms with Crippen LogP contribution in [0.5, 0.6) is 0 Å². The van der Waals surface area contributed by atoms with Gasteiger partial charge in [0.1, 0.15) is 12.0 Å². The average Bonchev–Trinajstić information content (AvgIpc) is 3.03. The van der Waals surface area contributed by atoms with Crippen molar-refractivity contribution in [3.8, 4) is 0 Å². The van der Waals surface area contributed by atoms with Crippen molar-refractivity contribution in [2.75, 3.05) is 12.3 Å². The van der Waals surface area contributed by atoms with Crippen LogP contribution in [0, 0.1) is 5.92 Å². The van der Waals surface area contributed by atoms with E-state index in [0.717, 1.165) is 0 Å². The minimum Gasteiger partial charge on any atom is -0.394 e. The van der Waals surface area contributed by atoms with Crippen molar-refractivity contribution in [3.05, 3.63) is 27.1 Å². The van der Waals surface area contributed by atoms with Crippen LogP contribution in [0.25, 0.3) is 21.6 Å². The predicted molar refractivity (Wildman–Crippen MR) is 92.8 cm³/mol. The van der Waals surface area contributed by atoms with Crippen LogP contribution >= 0.6 is 0 Å². The van der Waals surface area contributed by atoms with Gasteiger partial charge in [-0.1, -0.05) is 6.92 Å². The zero-order valence-corrected chi connectivity index (χ0v) is 14.6. The molecule has 27 heavy (non-hydrogen) atoms. The van der Waals surface area contributed by atoms with Crippen LogP contribution in [0.2, 0.25) is 0 Å². The number of imidazole rings is 1. The summed E-state index contributed by atoms with van der Waals surface area (Å²) in [6.07, 6.45) is 2.05. The van der Waals surface area contributed by atoms with Gasteiger partial charge >= 0.3 is 5.97 Å². The number of fused-ring (bicyclic) bond motifs is 1. The molecule has 0 spiro atoms. The summed E-state index contributed by atoms with van der Waals surface area (Å²) in [6, 6.07) is 0. The number of H-pyrrole nitrogens is 1. The molecule has 2 rings (SSSR count). The SMILES string of the molecule is CC(CCC(CO)OCn1cnc2c(=O)[nH]c(N)nc21)CC(=O)ON=[N+]=[N-]. The van der Waals surface area contributed by atoms with E-state index in [0.29, 0.717) is 12.8 Å². The minimum absolute atomic E-state index is 0.0188. The average molecular weight is 380 g/mol. The summed E-state index contributed by atoms with van der Waals surface area (Å²) < 4.78 is 7.15. The van der Waals surface area contributed by atoms with Crippen LogP contribution in [0.15, 0.2) is 16.4 Å². The molecule has 0 amide bonds. The molecule has 2 aromatic rings. The number of aromatic amines is 1. The van der Waals surface area contributed by atoms with Gasteiger partial charge in [0.25, 0.3) is 5.56 Å². The molecule has 2 atom stereocenters. The molecular formula is C14H20N8O5. The van der Waals surface area contributed by atoms with Crippen molar-refractivity contribution in [1.29, 1.82) is 0 Å². The highest BCUT2D eigenvalue weighted by molar-refractivity contribution is 5.70. The third-order valence-corrected chi connectivity index (χ3v) is 3.82. The van der Waals surface area contributed by atoms with E-state index < -0.39 is 17.6 Å². The van der Waals surface area contributed by atoms with E-state index in [1.54, 1.807) is 0 Å². The Balaban J connectivity index is 1.88. The lowest BCUT2D eigenvalue weighted by molar-refractivity contribution is -0.145. The van der Waals surface area contributed by atoms with Gasteiger partial charge in [0, 0.05) is 11.3 Å². The van der Waals surface area contributed by atoms with Crippen molar-refractivity contribution in [2.45, 2.75) is 39.0 Å². The van der Waals surface area contributed by atoms with Crippen LogP contribution in [0.3, 0.4) is 0 Å². The molecule has 0 aromatic carbocycles. The first-order valence-electron chi connectivity index (χ1n) is 8.12. The maximum atomic E-state index is 11.7. The number of carbonyl (C=O) groups is 1. The number of nitrogen functional groups attached to an aromatic ring is 1. The molecule has 0 bridgehead atoms. The number of nitrogens with one attached hydrogen (secondary N) is 1. The molecule has 4 N–H and O–H groups in total. The number of rotatable bonds is 10. The van der Waals surface area contributed by atoms with Crippen LogP contribution in [0.1, 0.15) is 26.2 Å². The lowest BCUT2D eigenvalue weighted by Crippen LogP contribution is -2.21. The summed E-state index contributed by atoms with van der Waals surface area (Å²) in [6.45, 7) is 1.62. The molecule has 0 saturated carbocycles. The van der Waals surface area contributed by atoms with E-state index in [9.17, 15) is 14.7 Å². The van der Waals surface area contributed by atoms with Crippen molar-refractivity contribution in [3.63, 3.8) is 0 Å². The Kier molecular flexibility index (Phi) is 7.11. The monoisotopic (exact) mass is 380 g/mol. The van der Waals surface area contributed by atoms with E-state index in [-0.39, 0.29) is 42.8 Å². The van der Waals surface area contributed by atoms with Crippen molar-refractivity contribution in [1.82, 2.24) is 19.5 Å². The van der Waals surface area contributed by atoms with E-state index in [1.165, 1.54) is 10.9 Å². The normalized spacial score (nSPS) is 13.1. The molecule has 0 aliphatic carbocycles. The highest BCUT2D eigenvalue weighted by Crippen LogP contribution is 2.15. The quantitative estimate of drug-likeness (QED) is 0.231. The molecule has 13 nitrogen and oxygen atoms in total. The molecule has 0 saturated heterocycles. The summed E-state index contributed by atoms with van der Waals surface area (Å²) in [4.78, 5) is 40.1. The number of hydrogen-bond donors (Lipinski definition) is 3. The Morgan fingerprint density at radius 1 is 1.56 bits per heavy atom. The Morgan fingerprint density at radius 2 is 2.33 bits per heavy atom. The lowest BCUT2D eigenvalue weighted by atomic mass is 10.00. The number of nitrogens with zero attached hydrogens (tertiary/aromatic N) is 6. The molecule has 13 heteroatoms. The molecule has 2 unspecified atom stereocenters. The van der Waals surface area contributed by atoms with Gasteiger partial charge in [0.15, 0.2) is 11.2 Å². The zero-order valence-electron chi connectivity index (χ0n) is 14.6. The second-order valence-corrected chi connectivity index (χ2v) is 5.96. The first-order valence-corrected chi connectivity index (χ1v) is 8.12. The van der Waals surface area contributed by atoms with Gasteiger partial charge in [-0.3, -0.25) is 19.1 Å². The Bertz CT molecular complexity index is 887. The van der Waals surface area contributed by atoms with E-state index in [4.69, 9.17) is 16.0 Å². The standard InChI is InChI=1S/C14H20N8O5/c1-8(4-10(24)27-21-20-16)2-3-9(5-23)26-7-22-6-17-11-12(22)18-14(15)19-13(11)25/h6,8-9,23H,2-5,7H2,1H3,(H3,15,18,19,25). The largest absolute Gasteiger partial charge is 0.394 e. The van der Waals surface area contributed by atoms with Gasteiger partial charge in [-0.05, 0) is 24.3 Å². The fourth-order valence-electron chi connectivity index (χ4n) is 2.44. The highest BCUT2D eigenvalue weighted by Gasteiger charge is 2.16. The van der Waals surface area contributed by atoms with Gasteiger partial charge in [0.2, 0.25) is 5.95 Å². The van der Waals surface area contributed by atoms with Crippen LogP contribution < -0.4 is 11.3 Å². The number of anilines is 1. The van der Waals surface area contributed by atoms with E-state index in [2.05, 4.69) is 30.0 Å². The molecular weight excluding hydrogens is 360 g/mol. The Labute approximate surface area is 152 Å². The van der Waals surface area contributed by atoms with Gasteiger partial charge in [0.05, 0.1) is 19.0 Å². The molecule has 146 valence electrons. The first kappa shape index (κ1) is 20.2.